The van der Waals surface area contributed by atoms with Gasteiger partial charge >= 0.3 is 0 Å². The minimum absolute atomic E-state index is 0.0622. The molecule has 12 nitrogen and oxygen atoms in total. The van der Waals surface area contributed by atoms with Gasteiger partial charge in [0.05, 0.1) is 17.4 Å². The molecule has 49 heavy (non-hydrogen) atoms. The summed E-state index contributed by atoms with van der Waals surface area (Å²) in [5.41, 5.74) is 3.31. The van der Waals surface area contributed by atoms with Gasteiger partial charge in [0, 0.05) is 61.4 Å². The number of nitrogens with zero attached hydrogens (tertiary/aromatic N) is 8. The zero-order valence-electron chi connectivity index (χ0n) is 28.2. The largest absolute Gasteiger partial charge is 0.325 e. The molecular weight excluding hydrogens is 686 g/mol. The third-order valence-corrected chi connectivity index (χ3v) is 12.0. The highest BCUT2D eigenvalue weighted by Gasteiger charge is 2.73. The highest BCUT2D eigenvalue weighted by atomic mass is 79.9. The second-order valence-electron chi connectivity index (χ2n) is 14.8. The standard InChI is InChI=1S/C36H40BrN9O3/c1-20-7-8-29(37)41-33(20)42-34(49)27-12-36(19-44-17-35(18-44)9-5-6-10-35)21(2)32(36)46(27)30(48)16-45-28-15-40-26(24-13-38-23(4)39-14-24)11-25(28)31(43-45)22(3)47/h7-8,11,13-15,21,27,32H,5-6,9-10,12,16-19H2,1-4H3,(H,41,42,49)/t21-,27+,32+,36+/m1/s1. The predicted molar refractivity (Wildman–Crippen MR) is 187 cm³/mol. The fourth-order valence-corrected chi connectivity index (χ4v) is 9.36. The Labute approximate surface area is 293 Å². The molecule has 0 unspecified atom stereocenters. The Hall–Kier alpha value is -4.10. The van der Waals surface area contributed by atoms with Gasteiger partial charge in [-0.2, -0.15) is 5.10 Å². The second-order valence-corrected chi connectivity index (χ2v) is 15.6. The zero-order chi connectivity index (χ0) is 34.2. The van der Waals surface area contributed by atoms with E-state index in [2.05, 4.69) is 58.1 Å². The first-order valence-corrected chi connectivity index (χ1v) is 17.9. The van der Waals surface area contributed by atoms with Gasteiger partial charge in [-0.15, -0.1) is 0 Å². The molecule has 13 heteroatoms. The molecule has 254 valence electrons. The third kappa shape index (κ3) is 5.45. The molecule has 2 saturated heterocycles. The molecule has 4 fully saturated rings. The van der Waals surface area contributed by atoms with Gasteiger partial charge in [0.25, 0.3) is 0 Å². The van der Waals surface area contributed by atoms with Crippen LogP contribution in [0.5, 0.6) is 0 Å². The van der Waals surface area contributed by atoms with Gasteiger partial charge in [-0.25, -0.2) is 15.0 Å². The lowest BCUT2D eigenvalue weighted by Gasteiger charge is -2.49. The summed E-state index contributed by atoms with van der Waals surface area (Å²) >= 11 is 3.42. The van der Waals surface area contributed by atoms with E-state index in [1.54, 1.807) is 29.3 Å². The van der Waals surface area contributed by atoms with Crippen molar-refractivity contribution in [3.8, 4) is 11.3 Å². The quantitative estimate of drug-likeness (QED) is 0.197. The first kappa shape index (κ1) is 32.1. The number of fused-ring (bicyclic) bond motifs is 2. The summed E-state index contributed by atoms with van der Waals surface area (Å²) in [6.45, 7) is 10.4. The highest BCUT2D eigenvalue weighted by Crippen LogP contribution is 2.65. The number of piperidine rings is 1. The fourth-order valence-electron chi connectivity index (χ4n) is 9.05. The molecule has 2 saturated carbocycles. The molecule has 0 radical (unpaired) electrons. The maximum atomic E-state index is 14.5. The molecule has 2 amide bonds. The summed E-state index contributed by atoms with van der Waals surface area (Å²) in [4.78, 5) is 63.3. The molecule has 6 heterocycles. The number of carbonyl (C=O) groups excluding carboxylic acids is 3. The van der Waals surface area contributed by atoms with Crippen LogP contribution in [0.1, 0.15) is 67.8 Å². The number of hydrogen-bond acceptors (Lipinski definition) is 9. The Morgan fingerprint density at radius 1 is 1.04 bits per heavy atom. The summed E-state index contributed by atoms with van der Waals surface area (Å²) in [7, 11) is 0. The number of rotatable bonds is 8. The van der Waals surface area contributed by atoms with Crippen molar-refractivity contribution in [1.82, 2.24) is 39.5 Å². The molecule has 4 aliphatic rings. The Balaban J connectivity index is 1.09. The van der Waals surface area contributed by atoms with Gasteiger partial charge in [-0.1, -0.05) is 25.8 Å². The van der Waals surface area contributed by atoms with Crippen molar-refractivity contribution in [2.75, 3.05) is 25.0 Å². The number of aromatic nitrogens is 6. The van der Waals surface area contributed by atoms with Crippen molar-refractivity contribution >= 4 is 50.2 Å². The van der Waals surface area contributed by atoms with Crippen LogP contribution >= 0.6 is 15.9 Å². The number of likely N-dealkylation sites (tertiary alicyclic amines) is 2. The molecule has 4 atom stereocenters. The van der Waals surface area contributed by atoms with Gasteiger partial charge in [0.1, 0.15) is 34.5 Å². The summed E-state index contributed by atoms with van der Waals surface area (Å²) in [5.74, 6) is 0.724. The van der Waals surface area contributed by atoms with Crippen molar-refractivity contribution < 1.29 is 14.4 Å². The summed E-state index contributed by atoms with van der Waals surface area (Å²) in [6.07, 6.45) is 10.9. The fraction of sp³-hybridized carbons (Fsp3) is 0.500. The Morgan fingerprint density at radius 3 is 2.49 bits per heavy atom. The van der Waals surface area contributed by atoms with Gasteiger partial charge in [-0.05, 0) is 78.1 Å². The van der Waals surface area contributed by atoms with Crippen LogP contribution < -0.4 is 5.32 Å². The first-order valence-electron chi connectivity index (χ1n) is 17.1. The molecule has 2 aliphatic carbocycles. The van der Waals surface area contributed by atoms with E-state index in [0.717, 1.165) is 25.2 Å². The minimum Gasteiger partial charge on any atom is -0.325 e. The van der Waals surface area contributed by atoms with Gasteiger partial charge < -0.3 is 15.1 Å². The Morgan fingerprint density at radius 2 is 1.78 bits per heavy atom. The maximum absolute atomic E-state index is 14.5. The number of amides is 2. The van der Waals surface area contributed by atoms with E-state index in [1.807, 2.05) is 30.9 Å². The van der Waals surface area contributed by atoms with E-state index in [0.29, 0.717) is 50.2 Å². The molecule has 1 spiro atoms. The summed E-state index contributed by atoms with van der Waals surface area (Å²) in [6, 6.07) is 4.81. The van der Waals surface area contributed by atoms with Crippen molar-refractivity contribution in [2.24, 2.45) is 16.7 Å². The molecule has 4 aromatic rings. The summed E-state index contributed by atoms with van der Waals surface area (Å²) < 4.78 is 2.18. The SMILES string of the molecule is CC(=O)c1nn(CC(=O)N2[C@H]3[C@@H](C)[C@@]3(CN3CC4(CCCC4)C3)C[C@H]2C(=O)Nc2nc(Br)ccc2C)c2cnc(-c3cnc(C)nc3)cc12. The summed E-state index contributed by atoms with van der Waals surface area (Å²) in [5, 5.41) is 8.26. The van der Waals surface area contributed by atoms with E-state index in [4.69, 9.17) is 0 Å². The number of ketones is 1. The van der Waals surface area contributed by atoms with Crippen LogP contribution in [0.4, 0.5) is 5.82 Å². The van der Waals surface area contributed by atoms with Gasteiger partial charge in [0.2, 0.25) is 11.8 Å². The lowest BCUT2D eigenvalue weighted by molar-refractivity contribution is -0.138. The molecule has 0 aromatic carbocycles. The number of carbonyl (C=O) groups is 3. The van der Waals surface area contributed by atoms with Crippen LogP contribution in [-0.4, -0.2) is 88.8 Å². The van der Waals surface area contributed by atoms with Crippen LogP contribution in [0.25, 0.3) is 22.2 Å². The number of nitrogens with one attached hydrogen (secondary N) is 1. The van der Waals surface area contributed by atoms with Crippen LogP contribution in [0, 0.1) is 30.6 Å². The van der Waals surface area contributed by atoms with Crippen LogP contribution in [0.15, 0.2) is 41.4 Å². The normalized spacial score (nSPS) is 25.4. The Bertz CT molecular complexity index is 2000. The lowest BCUT2D eigenvalue weighted by Crippen LogP contribution is -2.56. The van der Waals surface area contributed by atoms with E-state index in [1.165, 1.54) is 32.6 Å². The van der Waals surface area contributed by atoms with Crippen molar-refractivity contribution in [3.05, 3.63) is 58.5 Å². The molecule has 0 bridgehead atoms. The van der Waals surface area contributed by atoms with Crippen LogP contribution in [0.3, 0.4) is 0 Å². The smallest absolute Gasteiger partial charge is 0.248 e. The average Bonchev–Trinajstić information content (AvgIpc) is 3.53. The zero-order valence-corrected chi connectivity index (χ0v) is 29.8. The molecule has 1 N–H and O–H groups in total. The lowest BCUT2D eigenvalue weighted by atomic mass is 9.77. The van der Waals surface area contributed by atoms with E-state index < -0.39 is 6.04 Å². The van der Waals surface area contributed by atoms with Crippen molar-refractivity contribution in [1.29, 1.82) is 0 Å². The van der Waals surface area contributed by atoms with E-state index >= 15 is 0 Å². The number of pyridine rings is 2. The molecule has 4 aromatic heterocycles. The maximum Gasteiger partial charge on any atom is 0.248 e. The molecule has 2 aliphatic heterocycles. The van der Waals surface area contributed by atoms with Crippen molar-refractivity contribution in [3.63, 3.8) is 0 Å². The van der Waals surface area contributed by atoms with Crippen LogP contribution in [0.2, 0.25) is 0 Å². The number of Topliss-reactive ketones (excluding diaryl/α,β-unsaturated/α-hetero) is 1. The topological polar surface area (TPSA) is 139 Å². The number of anilines is 1. The number of hydrogen-bond donors (Lipinski definition) is 1. The van der Waals surface area contributed by atoms with Gasteiger partial charge in [-0.3, -0.25) is 24.0 Å². The average molecular weight is 727 g/mol. The van der Waals surface area contributed by atoms with E-state index in [-0.39, 0.29) is 47.2 Å². The second kappa shape index (κ2) is 11.8. The first-order chi connectivity index (χ1) is 23.5. The van der Waals surface area contributed by atoms with Gasteiger partial charge in [0.15, 0.2) is 5.78 Å². The monoisotopic (exact) mass is 725 g/mol. The third-order valence-electron chi connectivity index (χ3n) is 11.6. The molecule has 8 rings (SSSR count). The molecular formula is C36H40BrN9O3. The number of aryl methyl sites for hydroxylation is 2. The predicted octanol–water partition coefficient (Wildman–Crippen LogP) is 4.99. The van der Waals surface area contributed by atoms with Crippen molar-refractivity contribution in [2.45, 2.75) is 78.4 Å². The minimum atomic E-state index is -0.657. The number of halogens is 1. The Kier molecular flexibility index (Phi) is 7.71. The van der Waals surface area contributed by atoms with E-state index in [9.17, 15) is 14.4 Å². The van der Waals surface area contributed by atoms with Crippen LogP contribution in [-0.2, 0) is 16.1 Å². The highest BCUT2D eigenvalue weighted by molar-refractivity contribution is 9.10.